The zero-order valence-corrected chi connectivity index (χ0v) is 18.2. The molecule has 2 atom stereocenters. The molecule has 0 amide bonds. The second kappa shape index (κ2) is 8.09. The molecule has 154 valence electrons. The number of hydrogen-bond donors (Lipinski definition) is 1. The Labute approximate surface area is 178 Å². The normalized spacial score (nSPS) is 18.1. The fourth-order valence-electron chi connectivity index (χ4n) is 3.90. The van der Waals surface area contributed by atoms with Crippen molar-refractivity contribution >= 4 is 21.8 Å². The Kier molecular flexibility index (Phi) is 5.50. The summed E-state index contributed by atoms with van der Waals surface area (Å²) in [4.78, 5) is 2.40. The molecule has 30 heavy (non-hydrogen) atoms. The number of nitrogens with one attached hydrogen (secondary N) is 1. The molecule has 0 spiro atoms. The van der Waals surface area contributed by atoms with E-state index in [4.69, 9.17) is 0 Å². The van der Waals surface area contributed by atoms with Crippen molar-refractivity contribution in [1.82, 2.24) is 4.72 Å². The molecule has 0 aliphatic heterocycles. The van der Waals surface area contributed by atoms with E-state index >= 15 is 0 Å². The van der Waals surface area contributed by atoms with Gasteiger partial charge in [-0.3, -0.25) is 0 Å². The van der Waals surface area contributed by atoms with E-state index in [1.54, 1.807) is 12.1 Å². The monoisotopic (exact) mass is 418 g/mol. The lowest BCUT2D eigenvalue weighted by atomic mass is 9.89. The minimum Gasteiger partial charge on any atom is -0.366 e. The van der Waals surface area contributed by atoms with Crippen LogP contribution in [-0.4, -0.2) is 21.5 Å². The highest BCUT2D eigenvalue weighted by Crippen LogP contribution is 2.34. The SMILES string of the molecule is Cc1ccc(S(=O)(=O)N[C@@H]2c3ccccc3C=C[C@H]2N(C)c2cccc(C)c2)cc1. The van der Waals surface area contributed by atoms with Crippen molar-refractivity contribution in [2.24, 2.45) is 0 Å². The summed E-state index contributed by atoms with van der Waals surface area (Å²) < 4.78 is 29.4. The smallest absolute Gasteiger partial charge is 0.241 e. The lowest BCUT2D eigenvalue weighted by Crippen LogP contribution is -2.45. The number of anilines is 1. The third-order valence-corrected chi connectivity index (χ3v) is 7.07. The maximum atomic E-state index is 13.2. The highest BCUT2D eigenvalue weighted by Gasteiger charge is 2.33. The molecule has 0 radical (unpaired) electrons. The minimum absolute atomic E-state index is 0.165. The van der Waals surface area contributed by atoms with Crippen molar-refractivity contribution in [3.8, 4) is 0 Å². The largest absolute Gasteiger partial charge is 0.366 e. The van der Waals surface area contributed by atoms with Crippen LogP contribution < -0.4 is 9.62 Å². The molecule has 4 rings (SSSR count). The van der Waals surface area contributed by atoms with E-state index in [0.29, 0.717) is 0 Å². The van der Waals surface area contributed by atoms with Crippen LogP contribution in [0.5, 0.6) is 0 Å². The van der Waals surface area contributed by atoms with Crippen LogP contribution in [0.3, 0.4) is 0 Å². The lowest BCUT2D eigenvalue weighted by Gasteiger charge is -2.37. The van der Waals surface area contributed by atoms with E-state index in [-0.39, 0.29) is 10.9 Å². The molecule has 0 saturated carbocycles. The number of nitrogens with zero attached hydrogens (tertiary/aromatic N) is 1. The first-order valence-electron chi connectivity index (χ1n) is 10.0. The summed E-state index contributed by atoms with van der Waals surface area (Å²) in [5.41, 5.74) is 5.24. The Balaban J connectivity index is 1.74. The van der Waals surface area contributed by atoms with Gasteiger partial charge in [0, 0.05) is 12.7 Å². The summed E-state index contributed by atoms with van der Waals surface area (Å²) in [6.45, 7) is 4.00. The molecule has 0 fully saturated rings. The molecular formula is C25H26N2O2S. The number of aryl methyl sites for hydroxylation is 2. The summed E-state index contributed by atoms with van der Waals surface area (Å²) in [6.07, 6.45) is 4.15. The molecule has 0 bridgehead atoms. The van der Waals surface area contributed by atoms with Crippen molar-refractivity contribution in [2.75, 3.05) is 11.9 Å². The Hall–Kier alpha value is -2.89. The number of benzene rings is 3. The van der Waals surface area contributed by atoms with Crippen LogP contribution in [0.15, 0.2) is 83.8 Å². The van der Waals surface area contributed by atoms with Crippen molar-refractivity contribution in [1.29, 1.82) is 0 Å². The average Bonchev–Trinajstić information content (AvgIpc) is 2.73. The van der Waals surface area contributed by atoms with Gasteiger partial charge in [-0.25, -0.2) is 13.1 Å². The predicted octanol–water partition coefficient (Wildman–Crippen LogP) is 4.85. The fourth-order valence-corrected chi connectivity index (χ4v) is 5.13. The molecule has 1 aliphatic carbocycles. The number of likely N-dealkylation sites (N-methyl/N-ethyl adjacent to an activating group) is 1. The van der Waals surface area contributed by atoms with Gasteiger partial charge in [-0.2, -0.15) is 0 Å². The standard InChI is InChI=1S/C25H26N2O2S/c1-18-11-14-22(15-12-18)30(28,29)26-25-23-10-5-4-8-20(23)13-16-24(25)27(3)21-9-6-7-19(2)17-21/h4-17,24-26H,1-3H3/t24-,25-/m1/s1. The van der Waals surface area contributed by atoms with E-state index in [2.05, 4.69) is 40.8 Å². The van der Waals surface area contributed by atoms with Crippen molar-refractivity contribution in [2.45, 2.75) is 30.8 Å². The van der Waals surface area contributed by atoms with E-state index in [0.717, 1.165) is 27.9 Å². The van der Waals surface area contributed by atoms with Crippen LogP contribution in [-0.2, 0) is 10.0 Å². The molecule has 0 heterocycles. The lowest BCUT2D eigenvalue weighted by molar-refractivity contribution is 0.520. The summed E-state index contributed by atoms with van der Waals surface area (Å²) >= 11 is 0. The zero-order valence-electron chi connectivity index (χ0n) is 17.4. The molecule has 0 unspecified atom stereocenters. The first-order valence-corrected chi connectivity index (χ1v) is 11.5. The van der Waals surface area contributed by atoms with Gasteiger partial charge in [0.15, 0.2) is 0 Å². The molecule has 1 aliphatic rings. The van der Waals surface area contributed by atoms with Crippen molar-refractivity contribution in [3.05, 3.63) is 101 Å². The Bertz CT molecular complexity index is 1180. The van der Waals surface area contributed by atoms with Gasteiger partial charge >= 0.3 is 0 Å². The zero-order chi connectivity index (χ0) is 21.3. The molecule has 3 aromatic rings. The third kappa shape index (κ3) is 4.04. The van der Waals surface area contributed by atoms with Crippen LogP contribution in [0, 0.1) is 13.8 Å². The molecule has 0 saturated heterocycles. The number of rotatable bonds is 5. The van der Waals surface area contributed by atoms with Gasteiger partial charge < -0.3 is 4.90 Å². The van der Waals surface area contributed by atoms with Crippen LogP contribution in [0.25, 0.3) is 6.08 Å². The van der Waals surface area contributed by atoms with Crippen LogP contribution in [0.2, 0.25) is 0 Å². The van der Waals surface area contributed by atoms with Gasteiger partial charge in [-0.15, -0.1) is 0 Å². The van der Waals surface area contributed by atoms with Gasteiger partial charge in [0.05, 0.1) is 17.0 Å². The maximum absolute atomic E-state index is 13.2. The summed E-state index contributed by atoms with van der Waals surface area (Å²) in [5, 5.41) is 0. The van der Waals surface area contributed by atoms with E-state index < -0.39 is 16.1 Å². The Morgan fingerprint density at radius 3 is 2.33 bits per heavy atom. The predicted molar refractivity (Wildman–Crippen MR) is 123 cm³/mol. The third-order valence-electron chi connectivity index (χ3n) is 5.62. The summed E-state index contributed by atoms with van der Waals surface area (Å²) in [6, 6.07) is 22.5. The van der Waals surface area contributed by atoms with Gasteiger partial charge in [-0.05, 0) is 54.8 Å². The van der Waals surface area contributed by atoms with Crippen LogP contribution in [0.4, 0.5) is 5.69 Å². The average molecular weight is 419 g/mol. The quantitative estimate of drug-likeness (QED) is 0.644. The van der Waals surface area contributed by atoms with E-state index in [1.165, 1.54) is 0 Å². The van der Waals surface area contributed by atoms with Gasteiger partial charge in [0.25, 0.3) is 0 Å². The molecule has 1 N–H and O–H groups in total. The molecular weight excluding hydrogens is 392 g/mol. The van der Waals surface area contributed by atoms with Crippen LogP contribution >= 0.6 is 0 Å². The topological polar surface area (TPSA) is 49.4 Å². The summed E-state index contributed by atoms with van der Waals surface area (Å²) in [7, 11) is -1.68. The Morgan fingerprint density at radius 1 is 0.867 bits per heavy atom. The molecule has 4 nitrogen and oxygen atoms in total. The molecule has 3 aromatic carbocycles. The van der Waals surface area contributed by atoms with Gasteiger partial charge in [0.2, 0.25) is 10.0 Å². The number of sulfonamides is 1. The maximum Gasteiger partial charge on any atom is 0.241 e. The van der Waals surface area contributed by atoms with E-state index in [1.807, 2.05) is 62.5 Å². The molecule has 0 aromatic heterocycles. The molecule has 5 heteroatoms. The Morgan fingerprint density at radius 2 is 1.60 bits per heavy atom. The first kappa shape index (κ1) is 20.4. The minimum atomic E-state index is -3.69. The number of hydrogen-bond acceptors (Lipinski definition) is 3. The van der Waals surface area contributed by atoms with Gasteiger partial charge in [-0.1, -0.05) is 66.2 Å². The van der Waals surface area contributed by atoms with Gasteiger partial charge in [0.1, 0.15) is 0 Å². The highest BCUT2D eigenvalue weighted by molar-refractivity contribution is 7.89. The first-order chi connectivity index (χ1) is 14.3. The van der Waals surface area contributed by atoms with Crippen molar-refractivity contribution < 1.29 is 8.42 Å². The summed E-state index contributed by atoms with van der Waals surface area (Å²) in [5.74, 6) is 0. The second-order valence-electron chi connectivity index (χ2n) is 7.84. The highest BCUT2D eigenvalue weighted by atomic mass is 32.2. The second-order valence-corrected chi connectivity index (χ2v) is 9.55. The van der Waals surface area contributed by atoms with Crippen molar-refractivity contribution in [3.63, 3.8) is 0 Å². The number of fused-ring (bicyclic) bond motifs is 1. The fraction of sp³-hybridized carbons (Fsp3) is 0.200. The van der Waals surface area contributed by atoms with E-state index in [9.17, 15) is 8.42 Å². The van der Waals surface area contributed by atoms with Crippen LogP contribution in [0.1, 0.15) is 28.3 Å².